The molecule has 0 aromatic heterocycles. The van der Waals surface area contributed by atoms with Crippen molar-refractivity contribution in [2.75, 3.05) is 20.3 Å². The van der Waals surface area contributed by atoms with E-state index >= 15 is 0 Å². The molecule has 0 spiro atoms. The quantitative estimate of drug-likeness (QED) is 0.587. The zero-order valence-electron chi connectivity index (χ0n) is 13.9. The molecular formula is C17H23NO5. The standard InChI is InChI=1S/C17H23NO5/c1-5-18-17(20)12(3)23-16(19)10-8-13-7-9-14(21-4)15(11-13)22-6-2/h7-12H,5-6H2,1-4H3,(H,18,20)/b10-8+/t12-/m0/s1. The molecule has 6 nitrogen and oxygen atoms in total. The fourth-order valence-corrected chi connectivity index (χ4v) is 1.81. The molecule has 0 saturated heterocycles. The summed E-state index contributed by atoms with van der Waals surface area (Å²) in [5.41, 5.74) is 0.761. The van der Waals surface area contributed by atoms with E-state index in [0.717, 1.165) is 5.56 Å². The van der Waals surface area contributed by atoms with Crippen molar-refractivity contribution in [1.29, 1.82) is 0 Å². The van der Waals surface area contributed by atoms with Crippen LogP contribution in [0.15, 0.2) is 24.3 Å². The van der Waals surface area contributed by atoms with Crippen LogP contribution in [0, 0.1) is 0 Å². The van der Waals surface area contributed by atoms with Crippen LogP contribution in [0.1, 0.15) is 26.3 Å². The maximum absolute atomic E-state index is 11.7. The third-order valence-corrected chi connectivity index (χ3v) is 2.91. The lowest BCUT2D eigenvalue weighted by atomic mass is 10.2. The first kappa shape index (κ1) is 18.5. The van der Waals surface area contributed by atoms with Gasteiger partial charge >= 0.3 is 5.97 Å². The first-order valence-electron chi connectivity index (χ1n) is 7.49. The van der Waals surface area contributed by atoms with Gasteiger partial charge in [0, 0.05) is 12.6 Å². The number of carbonyl (C=O) groups excluding carboxylic acids is 2. The molecule has 0 fully saturated rings. The number of hydrogen-bond donors (Lipinski definition) is 1. The topological polar surface area (TPSA) is 73.9 Å². The van der Waals surface area contributed by atoms with Gasteiger partial charge in [0.05, 0.1) is 13.7 Å². The second-order valence-corrected chi connectivity index (χ2v) is 4.65. The van der Waals surface area contributed by atoms with Crippen LogP contribution < -0.4 is 14.8 Å². The summed E-state index contributed by atoms with van der Waals surface area (Å²) in [6, 6.07) is 5.31. The van der Waals surface area contributed by atoms with E-state index in [1.807, 2.05) is 6.92 Å². The number of rotatable bonds is 8. The van der Waals surface area contributed by atoms with E-state index in [2.05, 4.69) is 5.32 Å². The minimum Gasteiger partial charge on any atom is -0.493 e. The third kappa shape index (κ3) is 6.02. The Morgan fingerprint density at radius 3 is 2.61 bits per heavy atom. The molecule has 126 valence electrons. The van der Waals surface area contributed by atoms with Gasteiger partial charge in [0.1, 0.15) is 0 Å². The fourth-order valence-electron chi connectivity index (χ4n) is 1.81. The molecule has 0 bridgehead atoms. The lowest BCUT2D eigenvalue weighted by Gasteiger charge is -2.11. The summed E-state index contributed by atoms with van der Waals surface area (Å²) in [5.74, 6) is 0.313. The second-order valence-electron chi connectivity index (χ2n) is 4.65. The minimum absolute atomic E-state index is 0.322. The van der Waals surface area contributed by atoms with Gasteiger partial charge < -0.3 is 19.5 Å². The highest BCUT2D eigenvalue weighted by Gasteiger charge is 2.15. The van der Waals surface area contributed by atoms with Crippen LogP contribution in [0.5, 0.6) is 11.5 Å². The van der Waals surface area contributed by atoms with Crippen molar-refractivity contribution >= 4 is 18.0 Å². The molecule has 0 aliphatic heterocycles. The second kappa shape index (κ2) is 9.50. The molecule has 1 rings (SSSR count). The van der Waals surface area contributed by atoms with E-state index in [1.165, 1.54) is 13.0 Å². The van der Waals surface area contributed by atoms with E-state index in [4.69, 9.17) is 14.2 Å². The SMILES string of the molecule is CCNC(=O)[C@H](C)OC(=O)/C=C/c1ccc(OC)c(OCC)c1. The van der Waals surface area contributed by atoms with Gasteiger partial charge in [-0.05, 0) is 44.5 Å². The molecule has 23 heavy (non-hydrogen) atoms. The van der Waals surface area contributed by atoms with Gasteiger partial charge in [-0.1, -0.05) is 6.07 Å². The zero-order valence-corrected chi connectivity index (χ0v) is 13.9. The molecule has 1 amide bonds. The van der Waals surface area contributed by atoms with Gasteiger partial charge in [-0.3, -0.25) is 4.79 Å². The van der Waals surface area contributed by atoms with Crippen LogP contribution in [0.4, 0.5) is 0 Å². The molecule has 0 saturated carbocycles. The van der Waals surface area contributed by atoms with Crippen molar-refractivity contribution in [3.05, 3.63) is 29.8 Å². The van der Waals surface area contributed by atoms with Crippen molar-refractivity contribution in [2.24, 2.45) is 0 Å². The summed E-state index contributed by atoms with van der Waals surface area (Å²) in [6.07, 6.45) is 2.03. The number of hydrogen-bond acceptors (Lipinski definition) is 5. The number of esters is 1. The van der Waals surface area contributed by atoms with Crippen LogP contribution in [0.3, 0.4) is 0 Å². The summed E-state index contributed by atoms with van der Waals surface area (Å²) in [4.78, 5) is 23.2. The lowest BCUT2D eigenvalue weighted by molar-refractivity contribution is -0.150. The Balaban J connectivity index is 2.71. The zero-order chi connectivity index (χ0) is 17.2. The summed E-state index contributed by atoms with van der Waals surface area (Å²) in [6.45, 7) is 6.20. The van der Waals surface area contributed by atoms with Gasteiger partial charge in [0.15, 0.2) is 17.6 Å². The van der Waals surface area contributed by atoms with Gasteiger partial charge in [0.25, 0.3) is 5.91 Å². The van der Waals surface area contributed by atoms with Crippen molar-refractivity contribution in [3.63, 3.8) is 0 Å². The summed E-state index contributed by atoms with van der Waals surface area (Å²) < 4.78 is 15.7. The number of benzene rings is 1. The van der Waals surface area contributed by atoms with Crippen LogP contribution in [-0.2, 0) is 14.3 Å². The highest BCUT2D eigenvalue weighted by Crippen LogP contribution is 2.28. The number of nitrogens with one attached hydrogen (secondary N) is 1. The number of methoxy groups -OCH3 is 1. The Morgan fingerprint density at radius 1 is 1.26 bits per heavy atom. The summed E-state index contributed by atoms with van der Waals surface area (Å²) >= 11 is 0. The largest absolute Gasteiger partial charge is 0.493 e. The molecule has 1 aromatic carbocycles. The van der Waals surface area contributed by atoms with Crippen molar-refractivity contribution < 1.29 is 23.8 Å². The maximum Gasteiger partial charge on any atom is 0.331 e. The van der Waals surface area contributed by atoms with Gasteiger partial charge in [-0.25, -0.2) is 4.79 Å². The summed E-state index contributed by atoms with van der Waals surface area (Å²) in [5, 5.41) is 2.59. The number of likely N-dealkylation sites (N-methyl/N-ethyl adjacent to an activating group) is 1. The minimum atomic E-state index is -0.832. The first-order valence-corrected chi connectivity index (χ1v) is 7.49. The Kier molecular flexibility index (Phi) is 7.66. The maximum atomic E-state index is 11.7. The summed E-state index contributed by atoms with van der Waals surface area (Å²) in [7, 11) is 1.56. The molecule has 0 heterocycles. The molecular weight excluding hydrogens is 298 g/mol. The van der Waals surface area contributed by atoms with Gasteiger partial charge in [-0.2, -0.15) is 0 Å². The smallest absolute Gasteiger partial charge is 0.331 e. The average Bonchev–Trinajstić information content (AvgIpc) is 2.53. The molecule has 0 radical (unpaired) electrons. The Morgan fingerprint density at radius 2 is 2.00 bits per heavy atom. The molecule has 1 atom stereocenters. The third-order valence-electron chi connectivity index (χ3n) is 2.91. The van der Waals surface area contributed by atoms with Crippen LogP contribution in [0.25, 0.3) is 6.08 Å². The van der Waals surface area contributed by atoms with E-state index < -0.39 is 12.1 Å². The van der Waals surface area contributed by atoms with E-state index in [0.29, 0.717) is 24.7 Å². The van der Waals surface area contributed by atoms with Crippen molar-refractivity contribution in [3.8, 4) is 11.5 Å². The van der Waals surface area contributed by atoms with Crippen LogP contribution >= 0.6 is 0 Å². The fraction of sp³-hybridized carbons (Fsp3) is 0.412. The van der Waals surface area contributed by atoms with Gasteiger partial charge in [-0.15, -0.1) is 0 Å². The van der Waals surface area contributed by atoms with Crippen molar-refractivity contribution in [2.45, 2.75) is 26.9 Å². The number of ether oxygens (including phenoxy) is 3. The first-order chi connectivity index (χ1) is 11.0. The van der Waals surface area contributed by atoms with Crippen LogP contribution in [-0.4, -0.2) is 38.2 Å². The molecule has 0 unspecified atom stereocenters. The van der Waals surface area contributed by atoms with E-state index in [1.54, 1.807) is 38.3 Å². The molecule has 0 aliphatic rings. The average molecular weight is 321 g/mol. The highest BCUT2D eigenvalue weighted by molar-refractivity contribution is 5.90. The predicted molar refractivity (Wildman–Crippen MR) is 87.4 cm³/mol. The lowest BCUT2D eigenvalue weighted by Crippen LogP contribution is -2.35. The Labute approximate surface area is 136 Å². The molecule has 1 aromatic rings. The molecule has 0 aliphatic carbocycles. The monoisotopic (exact) mass is 321 g/mol. The molecule has 1 N–H and O–H groups in total. The van der Waals surface area contributed by atoms with Crippen molar-refractivity contribution in [1.82, 2.24) is 5.32 Å². The predicted octanol–water partition coefficient (Wildman–Crippen LogP) is 2.17. The van der Waals surface area contributed by atoms with E-state index in [-0.39, 0.29) is 5.91 Å². The number of carbonyl (C=O) groups is 2. The Bertz CT molecular complexity index is 568. The highest BCUT2D eigenvalue weighted by atomic mass is 16.5. The molecule has 6 heteroatoms. The van der Waals surface area contributed by atoms with E-state index in [9.17, 15) is 9.59 Å². The normalized spacial score (nSPS) is 11.8. The number of amides is 1. The van der Waals surface area contributed by atoms with Crippen LogP contribution in [0.2, 0.25) is 0 Å². The Hall–Kier alpha value is -2.50. The van der Waals surface area contributed by atoms with Gasteiger partial charge in [0.2, 0.25) is 0 Å².